The molecule has 0 N–H and O–H groups in total. The van der Waals surface area contributed by atoms with Gasteiger partial charge in [0.1, 0.15) is 22.3 Å². The van der Waals surface area contributed by atoms with Gasteiger partial charge in [-0.15, -0.1) is 0 Å². The molecule has 1 aromatic carbocycles. The lowest BCUT2D eigenvalue weighted by Crippen LogP contribution is -2.14. The van der Waals surface area contributed by atoms with Gasteiger partial charge >= 0.3 is 0 Å². The third-order valence-electron chi connectivity index (χ3n) is 4.02. The van der Waals surface area contributed by atoms with E-state index in [9.17, 15) is 8.78 Å². The van der Waals surface area contributed by atoms with E-state index < -0.39 is 17.2 Å². The van der Waals surface area contributed by atoms with Crippen molar-refractivity contribution in [1.29, 1.82) is 0 Å². The number of aromatic nitrogens is 4. The SMILES string of the molecule is COC1(c2nc(Cl)c3cnn(-c4ccc(F)cc4F)c3n2)CC1. The van der Waals surface area contributed by atoms with Gasteiger partial charge in [0.2, 0.25) is 0 Å². The van der Waals surface area contributed by atoms with Gasteiger partial charge in [-0.2, -0.15) is 5.10 Å². The summed E-state index contributed by atoms with van der Waals surface area (Å²) in [6, 6.07) is 3.26. The molecule has 0 unspecified atom stereocenters. The van der Waals surface area contributed by atoms with E-state index in [1.807, 2.05) is 0 Å². The van der Waals surface area contributed by atoms with Crippen LogP contribution in [0.5, 0.6) is 0 Å². The number of rotatable bonds is 3. The average Bonchev–Trinajstić information content (AvgIpc) is 3.22. The fourth-order valence-electron chi connectivity index (χ4n) is 2.54. The summed E-state index contributed by atoms with van der Waals surface area (Å²) in [5.41, 5.74) is -0.0907. The topological polar surface area (TPSA) is 52.8 Å². The lowest BCUT2D eigenvalue weighted by Gasteiger charge is -2.12. The third-order valence-corrected chi connectivity index (χ3v) is 4.31. The van der Waals surface area contributed by atoms with Gasteiger partial charge < -0.3 is 4.74 Å². The monoisotopic (exact) mass is 336 g/mol. The Morgan fingerprint density at radius 1 is 1.26 bits per heavy atom. The number of halogens is 3. The number of hydrogen-bond donors (Lipinski definition) is 0. The van der Waals surface area contributed by atoms with E-state index in [-0.39, 0.29) is 10.8 Å². The van der Waals surface area contributed by atoms with Gasteiger partial charge in [-0.3, -0.25) is 0 Å². The first-order valence-corrected chi connectivity index (χ1v) is 7.34. The van der Waals surface area contributed by atoms with Crippen LogP contribution in [0.25, 0.3) is 16.7 Å². The van der Waals surface area contributed by atoms with Crippen LogP contribution in [0.2, 0.25) is 5.15 Å². The Labute approximate surface area is 134 Å². The number of ether oxygens (including phenoxy) is 1. The molecule has 4 rings (SSSR count). The maximum absolute atomic E-state index is 14.1. The molecule has 2 aromatic heterocycles. The van der Waals surface area contributed by atoms with Crippen LogP contribution in [0.4, 0.5) is 8.78 Å². The van der Waals surface area contributed by atoms with Crippen LogP contribution in [0.1, 0.15) is 18.7 Å². The summed E-state index contributed by atoms with van der Waals surface area (Å²) < 4.78 is 33.9. The number of nitrogens with zero attached hydrogens (tertiary/aromatic N) is 4. The molecule has 0 spiro atoms. The fraction of sp³-hybridized carbons (Fsp3) is 0.267. The molecular formula is C15H11ClF2N4O. The lowest BCUT2D eigenvalue weighted by molar-refractivity contribution is 0.0714. The smallest absolute Gasteiger partial charge is 0.168 e. The van der Waals surface area contributed by atoms with E-state index in [4.69, 9.17) is 16.3 Å². The predicted octanol–water partition coefficient (Wildman–Crippen LogP) is 3.38. The first kappa shape index (κ1) is 14.5. The third kappa shape index (κ3) is 2.19. The van der Waals surface area contributed by atoms with Crippen molar-refractivity contribution in [3.63, 3.8) is 0 Å². The minimum atomic E-state index is -0.737. The van der Waals surface area contributed by atoms with Crippen molar-refractivity contribution in [3.8, 4) is 5.69 Å². The highest BCUT2D eigenvalue weighted by Gasteiger charge is 2.48. The molecule has 1 fully saturated rings. The first-order chi connectivity index (χ1) is 11.0. The molecule has 0 saturated heterocycles. The zero-order valence-corrected chi connectivity index (χ0v) is 12.8. The molecule has 23 heavy (non-hydrogen) atoms. The highest BCUT2D eigenvalue weighted by Crippen LogP contribution is 2.47. The van der Waals surface area contributed by atoms with Crippen LogP contribution in [0, 0.1) is 11.6 Å². The Bertz CT molecular complexity index is 923. The van der Waals surface area contributed by atoms with Gasteiger partial charge in [0, 0.05) is 13.2 Å². The molecular weight excluding hydrogens is 326 g/mol. The van der Waals surface area contributed by atoms with Gasteiger partial charge in [-0.25, -0.2) is 23.4 Å². The van der Waals surface area contributed by atoms with Crippen molar-refractivity contribution < 1.29 is 13.5 Å². The second-order valence-corrected chi connectivity index (χ2v) is 5.78. The second kappa shape index (κ2) is 4.94. The summed E-state index contributed by atoms with van der Waals surface area (Å²) in [4.78, 5) is 8.73. The van der Waals surface area contributed by atoms with Crippen LogP contribution in [0.3, 0.4) is 0 Å². The molecule has 1 saturated carbocycles. The Morgan fingerprint density at radius 2 is 2.04 bits per heavy atom. The zero-order chi connectivity index (χ0) is 16.2. The Morgan fingerprint density at radius 3 is 2.70 bits per heavy atom. The first-order valence-electron chi connectivity index (χ1n) is 6.96. The van der Waals surface area contributed by atoms with Crippen molar-refractivity contribution in [2.24, 2.45) is 0 Å². The molecule has 0 radical (unpaired) electrons. The molecule has 0 aliphatic heterocycles. The minimum Gasteiger partial charge on any atom is -0.370 e. The number of benzene rings is 1. The number of fused-ring (bicyclic) bond motifs is 1. The average molecular weight is 337 g/mol. The summed E-state index contributed by atoms with van der Waals surface area (Å²) in [7, 11) is 1.59. The van der Waals surface area contributed by atoms with E-state index in [1.165, 1.54) is 16.9 Å². The van der Waals surface area contributed by atoms with E-state index in [0.717, 1.165) is 25.0 Å². The van der Waals surface area contributed by atoms with Crippen molar-refractivity contribution in [1.82, 2.24) is 19.7 Å². The standard InChI is InChI=1S/C15H11ClF2N4O/c1-23-15(4-5-15)14-20-12(16)9-7-19-22(13(9)21-14)11-3-2-8(17)6-10(11)18/h2-3,6-7H,4-5H2,1H3. The van der Waals surface area contributed by atoms with Crippen LogP contribution in [-0.2, 0) is 10.3 Å². The molecule has 0 bridgehead atoms. The van der Waals surface area contributed by atoms with Crippen LogP contribution < -0.4 is 0 Å². The van der Waals surface area contributed by atoms with Crippen molar-refractivity contribution in [2.45, 2.75) is 18.4 Å². The highest BCUT2D eigenvalue weighted by molar-refractivity contribution is 6.33. The second-order valence-electron chi connectivity index (χ2n) is 5.43. The summed E-state index contributed by atoms with van der Waals surface area (Å²) in [5.74, 6) is -0.951. The normalized spacial score (nSPS) is 16.0. The van der Waals surface area contributed by atoms with Crippen LogP contribution in [-0.4, -0.2) is 26.9 Å². The molecule has 5 nitrogen and oxygen atoms in total. The largest absolute Gasteiger partial charge is 0.370 e. The Kier molecular flexibility index (Phi) is 3.11. The van der Waals surface area contributed by atoms with Gasteiger partial charge in [0.25, 0.3) is 0 Å². The molecule has 8 heteroatoms. The van der Waals surface area contributed by atoms with E-state index in [0.29, 0.717) is 16.9 Å². The maximum atomic E-state index is 14.1. The zero-order valence-electron chi connectivity index (χ0n) is 12.1. The summed E-state index contributed by atoms with van der Waals surface area (Å²) in [5, 5.41) is 4.83. The summed E-state index contributed by atoms with van der Waals surface area (Å²) >= 11 is 6.21. The molecule has 1 aliphatic carbocycles. The lowest BCUT2D eigenvalue weighted by atomic mass is 10.3. The van der Waals surface area contributed by atoms with Crippen molar-refractivity contribution in [3.05, 3.63) is 47.0 Å². The van der Waals surface area contributed by atoms with Crippen LogP contribution in [0.15, 0.2) is 24.4 Å². The van der Waals surface area contributed by atoms with Gasteiger partial charge in [-0.1, -0.05) is 11.6 Å². The summed E-state index contributed by atoms with van der Waals surface area (Å²) in [6.07, 6.45) is 3.05. The fourth-order valence-corrected chi connectivity index (χ4v) is 2.75. The Hall–Kier alpha value is -2.12. The number of methoxy groups -OCH3 is 1. The van der Waals surface area contributed by atoms with Crippen molar-refractivity contribution in [2.75, 3.05) is 7.11 Å². The quantitative estimate of drug-likeness (QED) is 0.688. The van der Waals surface area contributed by atoms with Gasteiger partial charge in [-0.05, 0) is 25.0 Å². The molecule has 118 valence electrons. The number of hydrogen-bond acceptors (Lipinski definition) is 4. The maximum Gasteiger partial charge on any atom is 0.168 e. The summed E-state index contributed by atoms with van der Waals surface area (Å²) in [6.45, 7) is 0. The van der Waals surface area contributed by atoms with Gasteiger partial charge in [0.05, 0.1) is 11.6 Å². The predicted molar refractivity (Wildman–Crippen MR) is 79.5 cm³/mol. The van der Waals surface area contributed by atoms with Gasteiger partial charge in [0.15, 0.2) is 17.3 Å². The van der Waals surface area contributed by atoms with Crippen LogP contribution >= 0.6 is 11.6 Å². The minimum absolute atomic E-state index is 0.0874. The Balaban J connectivity index is 1.94. The molecule has 1 aliphatic rings. The molecule has 2 heterocycles. The van der Waals surface area contributed by atoms with E-state index in [1.54, 1.807) is 7.11 Å². The van der Waals surface area contributed by atoms with E-state index >= 15 is 0 Å². The van der Waals surface area contributed by atoms with E-state index in [2.05, 4.69) is 15.1 Å². The highest BCUT2D eigenvalue weighted by atomic mass is 35.5. The molecule has 3 aromatic rings. The molecule has 0 amide bonds. The van der Waals surface area contributed by atoms with Crippen molar-refractivity contribution >= 4 is 22.6 Å². The molecule has 0 atom stereocenters.